The fourth-order valence-electron chi connectivity index (χ4n) is 2.55. The maximum atomic E-state index is 12.6. The SMILES string of the molecule is COC1CCCC1Nc1ccc(C(F)(F)F)cc1[N+](=O)[O-]. The van der Waals surface area contributed by atoms with Crippen LogP contribution < -0.4 is 5.32 Å². The van der Waals surface area contributed by atoms with Crippen LogP contribution >= 0.6 is 0 Å². The van der Waals surface area contributed by atoms with E-state index in [1.54, 1.807) is 7.11 Å². The Labute approximate surface area is 119 Å². The highest BCUT2D eigenvalue weighted by Gasteiger charge is 2.34. The molecule has 2 rings (SSSR count). The molecule has 0 aromatic heterocycles. The van der Waals surface area contributed by atoms with Crippen LogP contribution in [-0.2, 0) is 10.9 Å². The maximum Gasteiger partial charge on any atom is 0.416 e. The molecule has 21 heavy (non-hydrogen) atoms. The van der Waals surface area contributed by atoms with Crippen LogP contribution in [0.3, 0.4) is 0 Å². The average molecular weight is 304 g/mol. The molecule has 1 aromatic carbocycles. The molecule has 0 saturated heterocycles. The Kier molecular flexibility index (Phi) is 4.36. The topological polar surface area (TPSA) is 64.4 Å². The molecule has 0 aliphatic heterocycles. The van der Waals surface area contributed by atoms with Crippen molar-refractivity contribution in [3.05, 3.63) is 33.9 Å². The number of nitrogens with one attached hydrogen (secondary N) is 1. The third-order valence-electron chi connectivity index (χ3n) is 3.62. The minimum atomic E-state index is -4.61. The molecule has 2 atom stereocenters. The van der Waals surface area contributed by atoms with Gasteiger partial charge >= 0.3 is 6.18 Å². The molecule has 1 aliphatic carbocycles. The number of anilines is 1. The molecule has 0 bridgehead atoms. The fourth-order valence-corrected chi connectivity index (χ4v) is 2.55. The Morgan fingerprint density at radius 2 is 2.10 bits per heavy atom. The van der Waals surface area contributed by atoms with E-state index in [0.717, 1.165) is 31.4 Å². The predicted octanol–water partition coefficient (Wildman–Crippen LogP) is 3.59. The minimum Gasteiger partial charge on any atom is -0.379 e. The molecule has 0 amide bonds. The number of hydrogen-bond donors (Lipinski definition) is 1. The summed E-state index contributed by atoms with van der Waals surface area (Å²) in [6, 6.07) is 2.36. The number of nitro groups is 1. The molecular weight excluding hydrogens is 289 g/mol. The summed E-state index contributed by atoms with van der Waals surface area (Å²) in [6.07, 6.45) is -2.21. The summed E-state index contributed by atoms with van der Waals surface area (Å²) < 4.78 is 43.1. The van der Waals surface area contributed by atoms with E-state index in [1.807, 2.05) is 0 Å². The summed E-state index contributed by atoms with van der Waals surface area (Å²) in [5, 5.41) is 13.9. The Morgan fingerprint density at radius 1 is 1.38 bits per heavy atom. The molecule has 5 nitrogen and oxygen atoms in total. The smallest absolute Gasteiger partial charge is 0.379 e. The molecule has 8 heteroatoms. The molecule has 0 heterocycles. The zero-order chi connectivity index (χ0) is 15.6. The summed E-state index contributed by atoms with van der Waals surface area (Å²) in [5.41, 5.74) is -1.53. The Bertz CT molecular complexity index is 534. The van der Waals surface area contributed by atoms with Gasteiger partial charge in [0.2, 0.25) is 0 Å². The maximum absolute atomic E-state index is 12.6. The van der Waals surface area contributed by atoms with Gasteiger partial charge < -0.3 is 10.1 Å². The number of hydrogen-bond acceptors (Lipinski definition) is 4. The molecule has 1 saturated carbocycles. The van der Waals surface area contributed by atoms with Gasteiger partial charge in [-0.1, -0.05) is 0 Å². The second-order valence-electron chi connectivity index (χ2n) is 4.94. The van der Waals surface area contributed by atoms with Crippen molar-refractivity contribution in [2.75, 3.05) is 12.4 Å². The second-order valence-corrected chi connectivity index (χ2v) is 4.94. The van der Waals surface area contributed by atoms with Gasteiger partial charge in [0.15, 0.2) is 0 Å². The third kappa shape index (κ3) is 3.44. The fraction of sp³-hybridized carbons (Fsp3) is 0.538. The number of alkyl halides is 3. The van der Waals surface area contributed by atoms with Crippen molar-refractivity contribution in [3.63, 3.8) is 0 Å². The van der Waals surface area contributed by atoms with Crippen LogP contribution in [0.2, 0.25) is 0 Å². The lowest BCUT2D eigenvalue weighted by atomic mass is 10.1. The third-order valence-corrected chi connectivity index (χ3v) is 3.62. The first kappa shape index (κ1) is 15.6. The molecule has 1 aliphatic rings. The number of ether oxygens (including phenoxy) is 1. The molecule has 1 aromatic rings. The molecule has 2 unspecified atom stereocenters. The van der Waals surface area contributed by atoms with E-state index < -0.39 is 22.4 Å². The minimum absolute atomic E-state index is 0.0851. The van der Waals surface area contributed by atoms with Crippen LogP contribution in [0.4, 0.5) is 24.5 Å². The highest BCUT2D eigenvalue weighted by atomic mass is 19.4. The number of rotatable bonds is 4. The van der Waals surface area contributed by atoms with Crippen LogP contribution in [0, 0.1) is 10.1 Å². The number of nitro benzene ring substituents is 1. The molecule has 1 fully saturated rings. The largest absolute Gasteiger partial charge is 0.416 e. The Balaban J connectivity index is 2.29. The van der Waals surface area contributed by atoms with Crippen molar-refractivity contribution in [1.82, 2.24) is 0 Å². The number of nitrogens with zero attached hydrogens (tertiary/aromatic N) is 1. The van der Waals surface area contributed by atoms with Crippen molar-refractivity contribution in [3.8, 4) is 0 Å². The quantitative estimate of drug-likeness (QED) is 0.682. The van der Waals surface area contributed by atoms with Gasteiger partial charge in [0.1, 0.15) is 5.69 Å². The van der Waals surface area contributed by atoms with Crippen LogP contribution in [0.25, 0.3) is 0 Å². The second kappa shape index (κ2) is 5.88. The number of methoxy groups -OCH3 is 1. The summed E-state index contributed by atoms with van der Waals surface area (Å²) in [4.78, 5) is 10.2. The zero-order valence-corrected chi connectivity index (χ0v) is 11.3. The summed E-state index contributed by atoms with van der Waals surface area (Å²) in [7, 11) is 1.55. The van der Waals surface area contributed by atoms with Crippen LogP contribution in [-0.4, -0.2) is 24.2 Å². The lowest BCUT2D eigenvalue weighted by molar-refractivity contribution is -0.384. The van der Waals surface area contributed by atoms with E-state index in [2.05, 4.69) is 5.32 Å². The molecular formula is C13H15F3N2O3. The van der Waals surface area contributed by atoms with E-state index >= 15 is 0 Å². The standard InChI is InChI=1S/C13H15F3N2O3/c1-21-12-4-2-3-10(12)17-9-6-5-8(13(14,15)16)7-11(9)18(19)20/h5-7,10,12,17H,2-4H2,1H3. The van der Waals surface area contributed by atoms with Crippen LogP contribution in [0.5, 0.6) is 0 Å². The highest BCUT2D eigenvalue weighted by Crippen LogP contribution is 2.36. The summed E-state index contributed by atoms with van der Waals surface area (Å²) >= 11 is 0. The normalized spacial score (nSPS) is 22.3. The van der Waals surface area contributed by atoms with Crippen LogP contribution in [0.1, 0.15) is 24.8 Å². The molecule has 116 valence electrons. The average Bonchev–Trinajstić information content (AvgIpc) is 2.84. The number of benzene rings is 1. The highest BCUT2D eigenvalue weighted by molar-refractivity contribution is 5.63. The van der Waals surface area contributed by atoms with Gasteiger partial charge in [0, 0.05) is 13.2 Å². The summed E-state index contributed by atoms with van der Waals surface area (Å²) in [5.74, 6) is 0. The van der Waals surface area contributed by atoms with Gasteiger partial charge in [-0.25, -0.2) is 0 Å². The van der Waals surface area contributed by atoms with Gasteiger partial charge in [-0.2, -0.15) is 13.2 Å². The van der Waals surface area contributed by atoms with Gasteiger partial charge in [-0.05, 0) is 31.4 Å². The first-order chi connectivity index (χ1) is 9.82. The first-order valence-electron chi connectivity index (χ1n) is 6.48. The Morgan fingerprint density at radius 3 is 2.67 bits per heavy atom. The van der Waals surface area contributed by atoms with E-state index in [0.29, 0.717) is 6.07 Å². The van der Waals surface area contributed by atoms with Gasteiger partial charge in [0.05, 0.1) is 22.6 Å². The van der Waals surface area contributed by atoms with Crippen molar-refractivity contribution in [2.45, 2.75) is 37.6 Å². The van der Waals surface area contributed by atoms with Gasteiger partial charge in [0.25, 0.3) is 5.69 Å². The van der Waals surface area contributed by atoms with E-state index in [9.17, 15) is 23.3 Å². The van der Waals surface area contributed by atoms with Crippen molar-refractivity contribution in [1.29, 1.82) is 0 Å². The predicted molar refractivity (Wildman–Crippen MR) is 70.2 cm³/mol. The lowest BCUT2D eigenvalue weighted by Gasteiger charge is -2.21. The van der Waals surface area contributed by atoms with Gasteiger partial charge in [-0.3, -0.25) is 10.1 Å². The summed E-state index contributed by atoms with van der Waals surface area (Å²) in [6.45, 7) is 0. The molecule has 1 N–H and O–H groups in total. The number of halogens is 3. The van der Waals surface area contributed by atoms with E-state index in [1.165, 1.54) is 0 Å². The monoisotopic (exact) mass is 304 g/mol. The first-order valence-corrected chi connectivity index (χ1v) is 6.48. The van der Waals surface area contributed by atoms with Crippen molar-refractivity contribution < 1.29 is 22.8 Å². The van der Waals surface area contributed by atoms with Crippen molar-refractivity contribution in [2.24, 2.45) is 0 Å². The molecule has 0 spiro atoms. The Hall–Kier alpha value is -1.83. The zero-order valence-electron chi connectivity index (χ0n) is 11.3. The molecule has 0 radical (unpaired) electrons. The van der Waals surface area contributed by atoms with Crippen molar-refractivity contribution >= 4 is 11.4 Å². The lowest BCUT2D eigenvalue weighted by Crippen LogP contribution is -2.30. The van der Waals surface area contributed by atoms with E-state index in [4.69, 9.17) is 4.74 Å². The van der Waals surface area contributed by atoms with Gasteiger partial charge in [-0.15, -0.1) is 0 Å². The van der Waals surface area contributed by atoms with E-state index in [-0.39, 0.29) is 17.8 Å². The van der Waals surface area contributed by atoms with Crippen LogP contribution in [0.15, 0.2) is 18.2 Å².